The van der Waals surface area contributed by atoms with E-state index >= 15 is 0 Å². The minimum Gasteiger partial charge on any atom is -0.478 e. The third-order valence-corrected chi connectivity index (χ3v) is 6.20. The molecular formula is C27H18F5N3O6. The topological polar surface area (TPSA) is 114 Å². The second-order valence-electron chi connectivity index (χ2n) is 8.91. The summed E-state index contributed by atoms with van der Waals surface area (Å²) in [5.41, 5.74) is -1.42. The molecule has 0 fully saturated rings. The van der Waals surface area contributed by atoms with Gasteiger partial charge in [-0.1, -0.05) is 18.2 Å². The predicted octanol–water partition coefficient (Wildman–Crippen LogP) is 5.27. The Morgan fingerprint density at radius 3 is 2.29 bits per heavy atom. The van der Waals surface area contributed by atoms with Gasteiger partial charge >= 0.3 is 18.4 Å². The van der Waals surface area contributed by atoms with Crippen LogP contribution >= 0.6 is 0 Å². The first-order valence-corrected chi connectivity index (χ1v) is 11.7. The molecule has 1 aliphatic rings. The van der Waals surface area contributed by atoms with E-state index in [1.807, 2.05) is 0 Å². The quantitative estimate of drug-likeness (QED) is 0.301. The first-order chi connectivity index (χ1) is 19.2. The van der Waals surface area contributed by atoms with Crippen molar-refractivity contribution in [2.45, 2.75) is 18.6 Å². The molecule has 0 aliphatic carbocycles. The molecule has 41 heavy (non-hydrogen) atoms. The molecule has 4 aromatic rings. The normalized spacial score (nSPS) is 14.5. The first-order valence-electron chi connectivity index (χ1n) is 11.7. The largest absolute Gasteiger partial charge is 0.586 e. The van der Waals surface area contributed by atoms with Crippen LogP contribution < -0.4 is 14.4 Å². The molecule has 1 unspecified atom stereocenters. The average Bonchev–Trinajstić information content (AvgIpc) is 3.52. The molecule has 2 N–H and O–H groups in total. The molecule has 9 nitrogen and oxygen atoms in total. The fourth-order valence-corrected chi connectivity index (χ4v) is 4.14. The Morgan fingerprint density at radius 1 is 0.951 bits per heavy atom. The van der Waals surface area contributed by atoms with Crippen molar-refractivity contribution in [1.82, 2.24) is 9.78 Å². The van der Waals surface area contributed by atoms with Gasteiger partial charge in [-0.15, -0.1) is 8.78 Å². The molecule has 0 spiro atoms. The van der Waals surface area contributed by atoms with Crippen LogP contribution in [0.3, 0.4) is 0 Å². The number of aliphatic hydroxyl groups excluding tert-OH is 1. The Bertz CT molecular complexity index is 1650. The highest BCUT2D eigenvalue weighted by molar-refractivity contribution is 6.06. The molecule has 0 radical (unpaired) electrons. The molecule has 0 saturated heterocycles. The van der Waals surface area contributed by atoms with E-state index in [0.29, 0.717) is 6.07 Å². The maximum absolute atomic E-state index is 13.6. The van der Waals surface area contributed by atoms with E-state index in [2.05, 4.69) is 14.6 Å². The van der Waals surface area contributed by atoms with Crippen LogP contribution in [-0.2, 0) is 6.18 Å². The van der Waals surface area contributed by atoms with Gasteiger partial charge in [0.2, 0.25) is 0 Å². The molecule has 1 amide bonds. The lowest BCUT2D eigenvalue weighted by atomic mass is 10.0. The number of benzene rings is 3. The second-order valence-corrected chi connectivity index (χ2v) is 8.91. The molecule has 1 aliphatic heterocycles. The highest BCUT2D eigenvalue weighted by atomic mass is 19.4. The number of hydrogen-bond acceptors (Lipinski definition) is 6. The summed E-state index contributed by atoms with van der Waals surface area (Å²) < 4.78 is 77.1. The minimum atomic E-state index is -4.86. The number of fused-ring (bicyclic) bond motifs is 1. The van der Waals surface area contributed by atoms with Crippen LogP contribution in [0.2, 0.25) is 0 Å². The van der Waals surface area contributed by atoms with Gasteiger partial charge in [0.05, 0.1) is 16.9 Å². The summed E-state index contributed by atoms with van der Waals surface area (Å²) in [5, 5.41) is 23.6. The Balaban J connectivity index is 1.49. The van der Waals surface area contributed by atoms with Crippen molar-refractivity contribution >= 4 is 17.6 Å². The molecule has 1 atom stereocenters. The summed E-state index contributed by atoms with van der Waals surface area (Å²) in [7, 11) is 1.36. The Morgan fingerprint density at radius 2 is 1.63 bits per heavy atom. The van der Waals surface area contributed by atoms with Gasteiger partial charge in [0.15, 0.2) is 17.2 Å². The molecular weight excluding hydrogens is 557 g/mol. The maximum atomic E-state index is 13.6. The van der Waals surface area contributed by atoms with E-state index in [1.54, 1.807) is 0 Å². The van der Waals surface area contributed by atoms with E-state index in [9.17, 15) is 36.6 Å². The highest BCUT2D eigenvalue weighted by Crippen LogP contribution is 2.43. The number of alkyl halides is 5. The summed E-state index contributed by atoms with van der Waals surface area (Å²) >= 11 is 0. The molecule has 0 bridgehead atoms. The Labute approximate surface area is 227 Å². The number of aromatic carboxylic acids is 1. The van der Waals surface area contributed by atoms with Crippen LogP contribution in [0.1, 0.15) is 43.8 Å². The van der Waals surface area contributed by atoms with E-state index in [4.69, 9.17) is 5.11 Å². The number of anilines is 1. The van der Waals surface area contributed by atoms with Crippen molar-refractivity contribution in [3.8, 4) is 17.2 Å². The number of amides is 1. The maximum Gasteiger partial charge on any atom is 0.586 e. The van der Waals surface area contributed by atoms with Gasteiger partial charge in [-0.2, -0.15) is 18.3 Å². The van der Waals surface area contributed by atoms with Gasteiger partial charge < -0.3 is 24.6 Å². The summed E-state index contributed by atoms with van der Waals surface area (Å²) in [6, 6.07) is 14.7. The molecule has 1 aromatic heterocycles. The lowest BCUT2D eigenvalue weighted by molar-refractivity contribution is -0.286. The van der Waals surface area contributed by atoms with Crippen LogP contribution in [0.4, 0.5) is 27.6 Å². The Kier molecular flexibility index (Phi) is 6.65. The first kappa shape index (κ1) is 27.6. The monoisotopic (exact) mass is 575 g/mol. The van der Waals surface area contributed by atoms with Crippen LogP contribution in [-0.4, -0.2) is 45.2 Å². The van der Waals surface area contributed by atoms with Crippen molar-refractivity contribution in [3.05, 3.63) is 101 Å². The van der Waals surface area contributed by atoms with Crippen LogP contribution in [0.15, 0.2) is 72.8 Å². The van der Waals surface area contributed by atoms with Crippen LogP contribution in [0.5, 0.6) is 11.5 Å². The third-order valence-electron chi connectivity index (χ3n) is 6.20. The summed E-state index contributed by atoms with van der Waals surface area (Å²) in [6.07, 6.45) is -10.4. The van der Waals surface area contributed by atoms with Gasteiger partial charge in [-0.05, 0) is 54.1 Å². The third kappa shape index (κ3) is 5.41. The fourth-order valence-electron chi connectivity index (χ4n) is 4.14. The lowest BCUT2D eigenvalue weighted by Crippen LogP contribution is -2.26. The van der Waals surface area contributed by atoms with Crippen molar-refractivity contribution in [1.29, 1.82) is 0 Å². The van der Waals surface area contributed by atoms with Crippen molar-refractivity contribution in [3.63, 3.8) is 0 Å². The molecule has 0 saturated carbocycles. The van der Waals surface area contributed by atoms with Crippen LogP contribution in [0, 0.1) is 0 Å². The molecule has 5 rings (SSSR count). The van der Waals surface area contributed by atoms with Crippen molar-refractivity contribution < 1.29 is 51.2 Å². The van der Waals surface area contributed by atoms with E-state index in [1.165, 1.54) is 73.8 Å². The number of ether oxygens (including phenoxy) is 2. The zero-order valence-corrected chi connectivity index (χ0v) is 20.8. The zero-order valence-electron chi connectivity index (χ0n) is 20.8. The SMILES string of the molecule is CN(C(=O)c1cccc(-n2nc(C(F)(F)F)cc2C(O)c2ccc(C(=O)O)cc2)c1)c1ccc2c(c1)OC(F)(F)O2. The molecule has 14 heteroatoms. The number of hydrogen-bond donors (Lipinski definition) is 2. The smallest absolute Gasteiger partial charge is 0.478 e. The summed E-state index contributed by atoms with van der Waals surface area (Å²) in [5.74, 6) is -2.37. The number of carbonyl (C=O) groups excluding carboxylic acids is 1. The van der Waals surface area contributed by atoms with Crippen molar-refractivity contribution in [2.24, 2.45) is 0 Å². The van der Waals surface area contributed by atoms with E-state index in [-0.39, 0.29) is 45.3 Å². The van der Waals surface area contributed by atoms with E-state index in [0.717, 1.165) is 9.58 Å². The average molecular weight is 575 g/mol. The van der Waals surface area contributed by atoms with Crippen LogP contribution in [0.25, 0.3) is 5.69 Å². The molecule has 212 valence electrons. The minimum absolute atomic E-state index is 0.00119. The number of carboxylic acid groups (broad SMARTS) is 1. The van der Waals surface area contributed by atoms with Gasteiger partial charge in [-0.3, -0.25) is 4.79 Å². The number of nitrogens with zero attached hydrogens (tertiary/aromatic N) is 3. The molecule has 3 aromatic carbocycles. The number of carbonyl (C=O) groups is 2. The van der Waals surface area contributed by atoms with Gasteiger partial charge in [-0.25, -0.2) is 9.48 Å². The summed E-state index contributed by atoms with van der Waals surface area (Å²) in [6.45, 7) is 0. The highest BCUT2D eigenvalue weighted by Gasteiger charge is 2.43. The standard InChI is InChI=1S/C27H18F5N3O6/c1-34(17-9-10-20-21(12-17)41-27(31,32)40-20)24(37)16-3-2-4-18(11-16)35-19(13-22(33-35)26(28,29)30)23(36)14-5-7-15(8-6-14)25(38)39/h2-13,23,36H,1H3,(H,38,39). The number of carboxylic acids is 1. The number of halogens is 5. The van der Waals surface area contributed by atoms with Crippen molar-refractivity contribution in [2.75, 3.05) is 11.9 Å². The van der Waals surface area contributed by atoms with Gasteiger partial charge in [0, 0.05) is 24.4 Å². The summed E-state index contributed by atoms with van der Waals surface area (Å²) in [4.78, 5) is 25.5. The van der Waals surface area contributed by atoms with Gasteiger partial charge in [0.1, 0.15) is 6.10 Å². The lowest BCUT2D eigenvalue weighted by Gasteiger charge is -2.19. The predicted molar refractivity (Wildman–Crippen MR) is 131 cm³/mol. The fraction of sp³-hybridized carbons (Fsp3) is 0.148. The molecule has 2 heterocycles. The second kappa shape index (κ2) is 9.89. The van der Waals surface area contributed by atoms with Gasteiger partial charge in [0.25, 0.3) is 5.91 Å². The Hall–Kier alpha value is -4.98. The number of aromatic nitrogens is 2. The zero-order chi connectivity index (χ0) is 29.7. The van der Waals surface area contributed by atoms with E-state index < -0.39 is 36.1 Å². The number of rotatable bonds is 6. The number of aliphatic hydroxyl groups is 1.